The molecule has 1 aromatic carbocycles. The van der Waals surface area contributed by atoms with Gasteiger partial charge in [-0.15, -0.1) is 0 Å². The van der Waals surface area contributed by atoms with E-state index in [2.05, 4.69) is 31.8 Å². The Balaban J connectivity index is 1.57. The van der Waals surface area contributed by atoms with Crippen molar-refractivity contribution in [2.75, 3.05) is 18.4 Å². The molecule has 4 rings (SSSR count). The van der Waals surface area contributed by atoms with E-state index < -0.39 is 5.82 Å². The summed E-state index contributed by atoms with van der Waals surface area (Å²) < 4.78 is 19.7. The molecule has 1 saturated heterocycles. The average Bonchev–Trinajstić information content (AvgIpc) is 2.67. The third kappa shape index (κ3) is 3.56. The summed E-state index contributed by atoms with van der Waals surface area (Å²) in [5.41, 5.74) is 0.987. The van der Waals surface area contributed by atoms with Crippen molar-refractivity contribution < 1.29 is 13.9 Å². The predicted octanol–water partition coefficient (Wildman–Crippen LogP) is 2.73. The summed E-state index contributed by atoms with van der Waals surface area (Å²) in [5.74, 6) is -0.346. The maximum absolute atomic E-state index is 14.0. The normalized spacial score (nSPS) is 13.9. The summed E-state index contributed by atoms with van der Waals surface area (Å²) in [4.78, 5) is 29.8. The van der Waals surface area contributed by atoms with Crippen molar-refractivity contribution in [3.63, 3.8) is 0 Å². The monoisotopic (exact) mass is 400 g/mol. The summed E-state index contributed by atoms with van der Waals surface area (Å²) in [6, 6.07) is 4.27. The zero-order valence-electron chi connectivity index (χ0n) is 14.5. The SMILES string of the molecule is C=CC(=O)N1CC(Oc2ncc3ncnc(Nc4cc(Cl)ccc4F)c3n2)C1. The number of fused-ring (bicyclic) bond motifs is 1. The summed E-state index contributed by atoms with van der Waals surface area (Å²) >= 11 is 5.93. The molecule has 1 aliphatic heterocycles. The van der Waals surface area contributed by atoms with Gasteiger partial charge >= 0.3 is 6.01 Å². The van der Waals surface area contributed by atoms with Crippen LogP contribution in [0.1, 0.15) is 0 Å². The van der Waals surface area contributed by atoms with E-state index in [1.54, 1.807) is 4.90 Å². The minimum Gasteiger partial charge on any atom is -0.456 e. The number of halogens is 2. The van der Waals surface area contributed by atoms with Gasteiger partial charge in [-0.1, -0.05) is 18.2 Å². The van der Waals surface area contributed by atoms with Gasteiger partial charge in [-0.3, -0.25) is 4.79 Å². The number of ether oxygens (including phenoxy) is 1. The van der Waals surface area contributed by atoms with Crippen molar-refractivity contribution in [2.24, 2.45) is 0 Å². The molecule has 3 aromatic rings. The summed E-state index contributed by atoms with van der Waals surface area (Å²) in [5, 5.41) is 3.25. The second-order valence-electron chi connectivity index (χ2n) is 6.05. The molecule has 1 N–H and O–H groups in total. The molecule has 1 aliphatic rings. The van der Waals surface area contributed by atoms with E-state index in [-0.39, 0.29) is 29.5 Å². The zero-order chi connectivity index (χ0) is 19.7. The first-order chi connectivity index (χ1) is 13.5. The average molecular weight is 401 g/mol. The molecular formula is C18H14ClFN6O2. The smallest absolute Gasteiger partial charge is 0.317 e. The number of nitrogens with zero attached hydrogens (tertiary/aromatic N) is 5. The third-order valence-electron chi connectivity index (χ3n) is 4.14. The molecule has 28 heavy (non-hydrogen) atoms. The van der Waals surface area contributed by atoms with E-state index in [4.69, 9.17) is 16.3 Å². The van der Waals surface area contributed by atoms with Crippen LogP contribution in [0.25, 0.3) is 11.0 Å². The second-order valence-corrected chi connectivity index (χ2v) is 6.48. The molecule has 142 valence electrons. The maximum Gasteiger partial charge on any atom is 0.317 e. The topological polar surface area (TPSA) is 93.1 Å². The first-order valence-corrected chi connectivity index (χ1v) is 8.69. The Hall–Kier alpha value is -3.33. The largest absolute Gasteiger partial charge is 0.456 e. The summed E-state index contributed by atoms with van der Waals surface area (Å²) in [6.07, 6.45) is 3.85. The molecule has 1 fully saturated rings. The molecule has 2 aromatic heterocycles. The number of rotatable bonds is 5. The van der Waals surface area contributed by atoms with Gasteiger partial charge < -0.3 is 15.0 Å². The summed E-state index contributed by atoms with van der Waals surface area (Å²) in [7, 11) is 0. The maximum atomic E-state index is 14.0. The van der Waals surface area contributed by atoms with Crippen LogP contribution >= 0.6 is 11.6 Å². The van der Waals surface area contributed by atoms with E-state index in [0.29, 0.717) is 29.1 Å². The lowest BCUT2D eigenvalue weighted by Crippen LogP contribution is -2.55. The van der Waals surface area contributed by atoms with Gasteiger partial charge in [-0.2, -0.15) is 4.98 Å². The Morgan fingerprint density at radius 3 is 2.96 bits per heavy atom. The van der Waals surface area contributed by atoms with Gasteiger partial charge in [-0.05, 0) is 24.3 Å². The van der Waals surface area contributed by atoms with Crippen LogP contribution in [0.5, 0.6) is 6.01 Å². The molecule has 10 heteroatoms. The number of amides is 1. The molecule has 0 radical (unpaired) electrons. The number of likely N-dealkylation sites (tertiary alicyclic amines) is 1. The predicted molar refractivity (Wildman–Crippen MR) is 101 cm³/mol. The quantitative estimate of drug-likeness (QED) is 0.658. The first kappa shape index (κ1) is 18.1. The van der Waals surface area contributed by atoms with Crippen LogP contribution in [0.2, 0.25) is 5.02 Å². The Bertz CT molecular complexity index is 1070. The van der Waals surface area contributed by atoms with E-state index in [1.165, 1.54) is 36.8 Å². The molecule has 3 heterocycles. The fourth-order valence-corrected chi connectivity index (χ4v) is 2.85. The molecule has 0 unspecified atom stereocenters. The number of aromatic nitrogens is 4. The number of nitrogens with one attached hydrogen (secondary N) is 1. The van der Waals surface area contributed by atoms with Gasteiger partial charge in [0.25, 0.3) is 0 Å². The van der Waals surface area contributed by atoms with E-state index in [9.17, 15) is 9.18 Å². The van der Waals surface area contributed by atoms with Crippen LogP contribution in [0.4, 0.5) is 15.9 Å². The van der Waals surface area contributed by atoms with Crippen LogP contribution in [-0.4, -0.2) is 49.9 Å². The van der Waals surface area contributed by atoms with Crippen molar-refractivity contribution in [3.8, 4) is 6.01 Å². The first-order valence-electron chi connectivity index (χ1n) is 8.31. The lowest BCUT2D eigenvalue weighted by Gasteiger charge is -2.37. The molecule has 0 aliphatic carbocycles. The van der Waals surface area contributed by atoms with Crippen LogP contribution in [0, 0.1) is 5.82 Å². The highest BCUT2D eigenvalue weighted by Gasteiger charge is 2.31. The number of benzene rings is 1. The van der Waals surface area contributed by atoms with E-state index in [1.807, 2.05) is 0 Å². The molecule has 1 amide bonds. The van der Waals surface area contributed by atoms with Crippen LogP contribution in [0.15, 0.2) is 43.4 Å². The van der Waals surface area contributed by atoms with E-state index >= 15 is 0 Å². The molecule has 8 nitrogen and oxygen atoms in total. The Kier molecular flexibility index (Phi) is 4.74. The number of hydrogen-bond donors (Lipinski definition) is 1. The number of carbonyl (C=O) groups excluding carboxylic acids is 1. The molecule has 0 saturated carbocycles. The van der Waals surface area contributed by atoms with Gasteiger partial charge in [0.1, 0.15) is 29.3 Å². The van der Waals surface area contributed by atoms with Gasteiger partial charge in [0.15, 0.2) is 5.82 Å². The van der Waals surface area contributed by atoms with E-state index in [0.717, 1.165) is 0 Å². The Morgan fingerprint density at radius 1 is 1.36 bits per heavy atom. The van der Waals surface area contributed by atoms with Gasteiger partial charge in [-0.25, -0.2) is 19.3 Å². The van der Waals surface area contributed by atoms with Crippen molar-refractivity contribution in [1.82, 2.24) is 24.8 Å². The lowest BCUT2D eigenvalue weighted by molar-refractivity contribution is -0.134. The fourth-order valence-electron chi connectivity index (χ4n) is 2.68. The zero-order valence-corrected chi connectivity index (χ0v) is 15.2. The van der Waals surface area contributed by atoms with Crippen LogP contribution < -0.4 is 10.1 Å². The highest BCUT2D eigenvalue weighted by atomic mass is 35.5. The van der Waals surface area contributed by atoms with Crippen molar-refractivity contribution in [1.29, 1.82) is 0 Å². The summed E-state index contributed by atoms with van der Waals surface area (Å²) in [6.45, 7) is 4.30. The molecule has 0 spiro atoms. The minimum atomic E-state index is -0.483. The fraction of sp³-hybridized carbons (Fsp3) is 0.167. The second kappa shape index (κ2) is 7.35. The van der Waals surface area contributed by atoms with Crippen LogP contribution in [-0.2, 0) is 4.79 Å². The van der Waals surface area contributed by atoms with Crippen molar-refractivity contribution >= 4 is 40.0 Å². The van der Waals surface area contributed by atoms with Gasteiger partial charge in [0.2, 0.25) is 5.91 Å². The van der Waals surface area contributed by atoms with Crippen molar-refractivity contribution in [2.45, 2.75) is 6.10 Å². The number of carbonyl (C=O) groups is 1. The Labute approximate surface area is 164 Å². The number of hydrogen-bond acceptors (Lipinski definition) is 7. The van der Waals surface area contributed by atoms with Crippen molar-refractivity contribution in [3.05, 3.63) is 54.2 Å². The standard InChI is InChI=1S/C18H14ClFN6O2/c1-2-15(27)26-7-11(8-26)28-18-21-6-14-16(25-18)17(23-9-22-14)24-13-5-10(19)3-4-12(13)20/h2-6,9,11H,1,7-8H2,(H,22,23,24). The minimum absolute atomic E-state index is 0.118. The van der Waals surface area contributed by atoms with Crippen LogP contribution in [0.3, 0.4) is 0 Å². The Morgan fingerprint density at radius 2 is 2.18 bits per heavy atom. The molecule has 0 atom stereocenters. The highest BCUT2D eigenvalue weighted by Crippen LogP contribution is 2.26. The van der Waals surface area contributed by atoms with Gasteiger partial charge in [0.05, 0.1) is 25.0 Å². The number of anilines is 2. The van der Waals surface area contributed by atoms with Gasteiger partial charge in [0, 0.05) is 5.02 Å². The molecular weight excluding hydrogens is 387 g/mol. The molecule has 0 bridgehead atoms. The lowest BCUT2D eigenvalue weighted by atomic mass is 10.1. The third-order valence-corrected chi connectivity index (χ3v) is 4.38. The highest BCUT2D eigenvalue weighted by molar-refractivity contribution is 6.30.